The summed E-state index contributed by atoms with van der Waals surface area (Å²) in [6.07, 6.45) is -0.679. The quantitative estimate of drug-likeness (QED) is 0.825. The van der Waals surface area contributed by atoms with E-state index in [4.69, 9.17) is 10.00 Å². The minimum absolute atomic E-state index is 0.134. The predicted octanol–water partition coefficient (Wildman–Crippen LogP) is 0.0284. The topological polar surface area (TPSA) is 90.6 Å². The van der Waals surface area contributed by atoms with Crippen LogP contribution in [0.1, 0.15) is 5.56 Å². The van der Waals surface area contributed by atoms with Gasteiger partial charge in [-0.1, -0.05) is 0 Å². The summed E-state index contributed by atoms with van der Waals surface area (Å²) in [5, 5.41) is 18.6. The van der Waals surface area contributed by atoms with Crippen LogP contribution < -0.4 is 4.74 Å². The van der Waals surface area contributed by atoms with Crippen molar-refractivity contribution in [1.29, 1.82) is 5.26 Å². The lowest BCUT2D eigenvalue weighted by Gasteiger charge is -2.28. The fourth-order valence-corrected chi connectivity index (χ4v) is 3.38. The number of benzene rings is 1. The number of nitriles is 1. The van der Waals surface area contributed by atoms with Crippen LogP contribution in [0.15, 0.2) is 24.3 Å². The minimum atomic E-state index is -2.89. The summed E-state index contributed by atoms with van der Waals surface area (Å²) >= 11 is 0. The van der Waals surface area contributed by atoms with E-state index >= 15 is 0 Å². The van der Waals surface area contributed by atoms with E-state index in [1.807, 2.05) is 11.0 Å². The third-order valence-corrected chi connectivity index (χ3v) is 4.94. The van der Waals surface area contributed by atoms with Gasteiger partial charge in [0.15, 0.2) is 9.84 Å². The average Bonchev–Trinajstić information content (AvgIpc) is 2.48. The monoisotopic (exact) mass is 310 g/mol. The zero-order chi connectivity index (χ0) is 15.3. The molecule has 114 valence electrons. The van der Waals surface area contributed by atoms with Crippen molar-refractivity contribution in [1.82, 2.24) is 4.90 Å². The highest BCUT2D eigenvalue weighted by molar-refractivity contribution is 7.91. The Kier molecular flexibility index (Phi) is 5.17. The summed E-state index contributed by atoms with van der Waals surface area (Å²) in [7, 11) is -2.89. The van der Waals surface area contributed by atoms with E-state index < -0.39 is 15.9 Å². The van der Waals surface area contributed by atoms with Crippen LogP contribution in [-0.4, -0.2) is 62.3 Å². The van der Waals surface area contributed by atoms with Gasteiger partial charge in [0.2, 0.25) is 0 Å². The number of aliphatic hydroxyl groups excluding tert-OH is 1. The largest absolute Gasteiger partial charge is 0.491 e. The molecule has 21 heavy (non-hydrogen) atoms. The van der Waals surface area contributed by atoms with Crippen LogP contribution in [0.2, 0.25) is 0 Å². The number of ether oxygens (including phenoxy) is 1. The van der Waals surface area contributed by atoms with E-state index in [2.05, 4.69) is 0 Å². The lowest BCUT2D eigenvalue weighted by atomic mass is 10.2. The summed E-state index contributed by atoms with van der Waals surface area (Å²) in [4.78, 5) is 1.92. The van der Waals surface area contributed by atoms with Crippen molar-refractivity contribution in [3.8, 4) is 11.8 Å². The maximum absolute atomic E-state index is 11.3. The van der Waals surface area contributed by atoms with Crippen molar-refractivity contribution in [2.75, 3.05) is 37.7 Å². The zero-order valence-corrected chi connectivity index (χ0v) is 12.4. The number of rotatable bonds is 5. The minimum Gasteiger partial charge on any atom is -0.491 e. The van der Waals surface area contributed by atoms with Gasteiger partial charge in [0, 0.05) is 19.6 Å². The normalized spacial score (nSPS) is 19.6. The number of sulfone groups is 1. The first-order valence-corrected chi connectivity index (χ1v) is 8.54. The van der Waals surface area contributed by atoms with Gasteiger partial charge in [-0.05, 0) is 24.3 Å². The molecule has 7 heteroatoms. The molecule has 0 bridgehead atoms. The first-order valence-electron chi connectivity index (χ1n) is 6.72. The van der Waals surface area contributed by atoms with Gasteiger partial charge in [-0.25, -0.2) is 8.42 Å². The van der Waals surface area contributed by atoms with Crippen LogP contribution >= 0.6 is 0 Å². The van der Waals surface area contributed by atoms with Crippen LogP contribution in [0.4, 0.5) is 0 Å². The van der Waals surface area contributed by atoms with E-state index in [1.165, 1.54) is 0 Å². The molecule has 0 amide bonds. The van der Waals surface area contributed by atoms with Crippen molar-refractivity contribution >= 4 is 9.84 Å². The van der Waals surface area contributed by atoms with Gasteiger partial charge in [-0.3, -0.25) is 4.90 Å². The highest BCUT2D eigenvalue weighted by Gasteiger charge is 2.23. The summed E-state index contributed by atoms with van der Waals surface area (Å²) in [5.41, 5.74) is 0.553. The lowest BCUT2D eigenvalue weighted by molar-refractivity contribution is 0.0710. The highest BCUT2D eigenvalue weighted by Crippen LogP contribution is 2.12. The highest BCUT2D eigenvalue weighted by atomic mass is 32.2. The summed E-state index contributed by atoms with van der Waals surface area (Å²) in [6, 6.07) is 8.68. The molecule has 0 spiro atoms. The van der Waals surface area contributed by atoms with E-state index in [0.29, 0.717) is 30.9 Å². The summed E-state index contributed by atoms with van der Waals surface area (Å²) in [5.74, 6) is 0.890. The van der Waals surface area contributed by atoms with Crippen LogP contribution in [0.5, 0.6) is 5.75 Å². The molecule has 1 unspecified atom stereocenters. The van der Waals surface area contributed by atoms with Crippen molar-refractivity contribution in [2.24, 2.45) is 0 Å². The second-order valence-corrected chi connectivity index (χ2v) is 7.36. The fraction of sp³-hybridized carbons (Fsp3) is 0.500. The van der Waals surface area contributed by atoms with Crippen molar-refractivity contribution < 1.29 is 18.3 Å². The standard InChI is InChI=1S/C14H18N2O4S/c15-9-12-1-3-14(4-2-12)20-11-13(17)10-16-5-7-21(18,19)8-6-16/h1-4,13,17H,5-8,10-11H2. The van der Waals surface area contributed by atoms with E-state index in [0.717, 1.165) is 0 Å². The summed E-state index contributed by atoms with van der Waals surface area (Å²) < 4.78 is 28.1. The Labute approximate surface area is 124 Å². The zero-order valence-electron chi connectivity index (χ0n) is 11.6. The molecule has 1 aromatic carbocycles. The molecule has 0 aromatic heterocycles. The molecular weight excluding hydrogens is 292 g/mol. The molecule has 1 saturated heterocycles. The van der Waals surface area contributed by atoms with Gasteiger partial charge in [0.1, 0.15) is 18.5 Å². The summed E-state index contributed by atoms with van der Waals surface area (Å²) in [6.45, 7) is 1.44. The van der Waals surface area contributed by atoms with Crippen LogP contribution in [0.25, 0.3) is 0 Å². The number of hydrogen-bond donors (Lipinski definition) is 1. The molecule has 1 atom stereocenters. The molecule has 0 saturated carbocycles. The molecule has 2 rings (SSSR count). The molecule has 1 aromatic rings. The molecule has 1 aliphatic rings. The second kappa shape index (κ2) is 6.89. The van der Waals surface area contributed by atoms with Crippen molar-refractivity contribution in [3.63, 3.8) is 0 Å². The number of aliphatic hydroxyl groups is 1. The van der Waals surface area contributed by atoms with Gasteiger partial charge < -0.3 is 9.84 Å². The molecule has 0 radical (unpaired) electrons. The third kappa shape index (κ3) is 5.01. The van der Waals surface area contributed by atoms with E-state index in [-0.39, 0.29) is 18.1 Å². The molecular formula is C14H18N2O4S. The number of hydrogen-bond acceptors (Lipinski definition) is 6. The predicted molar refractivity (Wildman–Crippen MR) is 77.8 cm³/mol. The molecule has 6 nitrogen and oxygen atoms in total. The Bertz CT molecular complexity index is 593. The fourth-order valence-electron chi connectivity index (χ4n) is 2.10. The third-order valence-electron chi connectivity index (χ3n) is 3.33. The van der Waals surface area contributed by atoms with Gasteiger partial charge >= 0.3 is 0 Å². The second-order valence-electron chi connectivity index (χ2n) is 5.05. The number of nitrogens with zero attached hydrogens (tertiary/aromatic N) is 2. The van der Waals surface area contributed by atoms with Gasteiger partial charge in [0.05, 0.1) is 23.1 Å². The van der Waals surface area contributed by atoms with Crippen molar-refractivity contribution in [2.45, 2.75) is 6.10 Å². The number of β-amino-alcohol motifs (C(OH)–C–C–N with tert-alkyl or cyclic N) is 1. The van der Waals surface area contributed by atoms with Gasteiger partial charge in [-0.15, -0.1) is 0 Å². The Balaban J connectivity index is 1.74. The van der Waals surface area contributed by atoms with E-state index in [1.54, 1.807) is 24.3 Å². The average molecular weight is 310 g/mol. The first kappa shape index (κ1) is 15.8. The van der Waals surface area contributed by atoms with Crippen LogP contribution in [0, 0.1) is 11.3 Å². The Morgan fingerprint density at radius 2 is 1.90 bits per heavy atom. The molecule has 1 heterocycles. The maximum atomic E-state index is 11.3. The molecule has 1 fully saturated rings. The molecule has 0 aliphatic carbocycles. The Morgan fingerprint density at radius 3 is 2.48 bits per heavy atom. The SMILES string of the molecule is N#Cc1ccc(OCC(O)CN2CCS(=O)(=O)CC2)cc1. The van der Waals surface area contributed by atoms with Gasteiger partial charge in [-0.2, -0.15) is 5.26 Å². The van der Waals surface area contributed by atoms with Crippen molar-refractivity contribution in [3.05, 3.63) is 29.8 Å². The first-order chi connectivity index (χ1) is 9.98. The Morgan fingerprint density at radius 1 is 1.29 bits per heavy atom. The lowest BCUT2D eigenvalue weighted by Crippen LogP contribution is -2.44. The molecule has 1 aliphatic heterocycles. The van der Waals surface area contributed by atoms with Gasteiger partial charge in [0.25, 0.3) is 0 Å². The maximum Gasteiger partial charge on any atom is 0.152 e. The van der Waals surface area contributed by atoms with E-state index in [9.17, 15) is 13.5 Å². The smallest absolute Gasteiger partial charge is 0.152 e. The Hall–Kier alpha value is -1.62. The van der Waals surface area contributed by atoms with Crippen LogP contribution in [0.3, 0.4) is 0 Å². The van der Waals surface area contributed by atoms with Crippen LogP contribution in [-0.2, 0) is 9.84 Å². The molecule has 1 N–H and O–H groups in total.